The van der Waals surface area contributed by atoms with Crippen LogP contribution in [0.4, 0.5) is 10.2 Å². The predicted molar refractivity (Wildman–Crippen MR) is 113 cm³/mol. The summed E-state index contributed by atoms with van der Waals surface area (Å²) in [6, 6.07) is 9.15. The van der Waals surface area contributed by atoms with Gasteiger partial charge in [0.2, 0.25) is 0 Å². The third kappa shape index (κ3) is 4.87. The Morgan fingerprint density at radius 1 is 1.10 bits per heavy atom. The number of methoxy groups -OCH3 is 1. The molecule has 2 aliphatic heterocycles. The molecule has 156 valence electrons. The van der Waals surface area contributed by atoms with E-state index in [9.17, 15) is 4.39 Å². The predicted octanol–water partition coefficient (Wildman–Crippen LogP) is 3.62. The first-order valence-electron chi connectivity index (χ1n) is 10.5. The summed E-state index contributed by atoms with van der Waals surface area (Å²) in [6.07, 6.45) is 3.04. The topological polar surface area (TPSA) is 37.8 Å². The molecule has 1 aromatic carbocycles. The molecule has 0 N–H and O–H groups in total. The highest BCUT2D eigenvalue weighted by Crippen LogP contribution is 2.31. The van der Waals surface area contributed by atoms with Crippen molar-refractivity contribution in [1.29, 1.82) is 0 Å². The Hall–Kier alpha value is -2.18. The normalized spacial score (nSPS) is 18.8. The lowest BCUT2D eigenvalue weighted by Crippen LogP contribution is -2.44. The molecule has 6 heteroatoms. The minimum Gasteiger partial charge on any atom is -0.497 e. The molecular formula is C23H30FN3O2. The zero-order valence-electron chi connectivity index (χ0n) is 17.4. The van der Waals surface area contributed by atoms with Gasteiger partial charge in [0, 0.05) is 56.7 Å². The van der Waals surface area contributed by atoms with Gasteiger partial charge in [-0.25, -0.2) is 9.37 Å². The quantitative estimate of drug-likeness (QED) is 0.768. The second-order valence-electron chi connectivity index (χ2n) is 8.10. The number of likely N-dealkylation sites (N-methyl/N-ethyl adjacent to an activating group) is 1. The highest BCUT2D eigenvalue weighted by molar-refractivity contribution is 5.69. The van der Waals surface area contributed by atoms with Crippen LogP contribution in [0, 0.1) is 11.7 Å². The summed E-state index contributed by atoms with van der Waals surface area (Å²) in [7, 11) is 3.70. The maximum Gasteiger partial charge on any atom is 0.134 e. The molecule has 3 heterocycles. The first-order valence-corrected chi connectivity index (χ1v) is 10.5. The standard InChI is InChI=1S/C23H30FN3O2/c1-26-7-9-27(10-8-26)23-15-18(21-4-3-20(28-2)16-22(21)24)14-19(25-23)13-17-5-11-29-12-6-17/h3-4,14-17H,5-13H2,1-2H3. The monoisotopic (exact) mass is 399 g/mol. The molecule has 2 saturated heterocycles. The molecular weight excluding hydrogens is 369 g/mol. The number of nitrogens with zero attached hydrogens (tertiary/aromatic N) is 3. The first kappa shape index (κ1) is 20.1. The number of hydrogen-bond donors (Lipinski definition) is 0. The summed E-state index contributed by atoms with van der Waals surface area (Å²) >= 11 is 0. The summed E-state index contributed by atoms with van der Waals surface area (Å²) < 4.78 is 25.5. The lowest BCUT2D eigenvalue weighted by molar-refractivity contribution is 0.0663. The van der Waals surface area contributed by atoms with E-state index in [0.29, 0.717) is 17.2 Å². The minimum absolute atomic E-state index is 0.267. The van der Waals surface area contributed by atoms with E-state index < -0.39 is 0 Å². The molecule has 0 radical (unpaired) electrons. The van der Waals surface area contributed by atoms with Crippen LogP contribution in [0.15, 0.2) is 30.3 Å². The lowest BCUT2D eigenvalue weighted by atomic mass is 9.93. The number of benzene rings is 1. The number of rotatable bonds is 5. The lowest BCUT2D eigenvalue weighted by Gasteiger charge is -2.33. The van der Waals surface area contributed by atoms with Crippen LogP contribution >= 0.6 is 0 Å². The molecule has 0 spiro atoms. The van der Waals surface area contributed by atoms with E-state index in [2.05, 4.69) is 22.9 Å². The van der Waals surface area contributed by atoms with Gasteiger partial charge in [-0.15, -0.1) is 0 Å². The molecule has 1 aromatic heterocycles. The van der Waals surface area contributed by atoms with Gasteiger partial charge in [0.05, 0.1) is 7.11 Å². The number of piperazine rings is 1. The van der Waals surface area contributed by atoms with Crippen LogP contribution in [0.25, 0.3) is 11.1 Å². The Kier molecular flexibility index (Phi) is 6.31. The van der Waals surface area contributed by atoms with Crippen molar-refractivity contribution in [2.75, 3.05) is 58.5 Å². The van der Waals surface area contributed by atoms with Crippen LogP contribution in [0.5, 0.6) is 5.75 Å². The number of pyridine rings is 1. The first-order chi connectivity index (χ1) is 14.1. The molecule has 5 nitrogen and oxygen atoms in total. The van der Waals surface area contributed by atoms with Crippen LogP contribution in [0.3, 0.4) is 0 Å². The van der Waals surface area contributed by atoms with E-state index in [1.165, 1.54) is 6.07 Å². The fraction of sp³-hybridized carbons (Fsp3) is 0.522. The average Bonchev–Trinajstić information content (AvgIpc) is 2.74. The number of hydrogen-bond acceptors (Lipinski definition) is 5. The van der Waals surface area contributed by atoms with E-state index in [0.717, 1.165) is 75.7 Å². The Morgan fingerprint density at radius 3 is 2.55 bits per heavy atom. The van der Waals surface area contributed by atoms with E-state index in [1.54, 1.807) is 13.2 Å². The molecule has 0 saturated carbocycles. The molecule has 29 heavy (non-hydrogen) atoms. The summed E-state index contributed by atoms with van der Waals surface area (Å²) in [5.41, 5.74) is 2.52. The largest absolute Gasteiger partial charge is 0.497 e. The second kappa shape index (κ2) is 9.09. The van der Waals surface area contributed by atoms with E-state index >= 15 is 0 Å². The van der Waals surface area contributed by atoms with Crippen molar-refractivity contribution in [1.82, 2.24) is 9.88 Å². The molecule has 2 aromatic rings. The summed E-state index contributed by atoms with van der Waals surface area (Å²) in [5, 5.41) is 0. The van der Waals surface area contributed by atoms with Gasteiger partial charge < -0.3 is 19.3 Å². The Balaban J connectivity index is 1.67. The molecule has 0 atom stereocenters. The molecule has 2 aliphatic rings. The Morgan fingerprint density at radius 2 is 1.86 bits per heavy atom. The molecule has 4 rings (SSSR count). The van der Waals surface area contributed by atoms with Crippen LogP contribution in [-0.2, 0) is 11.2 Å². The van der Waals surface area contributed by atoms with Gasteiger partial charge in [0.1, 0.15) is 17.4 Å². The van der Waals surface area contributed by atoms with E-state index in [1.807, 2.05) is 12.1 Å². The van der Waals surface area contributed by atoms with Gasteiger partial charge in [-0.3, -0.25) is 0 Å². The zero-order chi connectivity index (χ0) is 20.2. The summed E-state index contributed by atoms with van der Waals surface area (Å²) in [5.74, 6) is 1.79. The average molecular weight is 400 g/mol. The minimum atomic E-state index is -0.267. The molecule has 2 fully saturated rings. The fourth-order valence-electron chi connectivity index (χ4n) is 4.13. The van der Waals surface area contributed by atoms with E-state index in [-0.39, 0.29) is 5.82 Å². The van der Waals surface area contributed by atoms with Crippen LogP contribution in [-0.4, -0.2) is 63.4 Å². The fourth-order valence-corrected chi connectivity index (χ4v) is 4.13. The number of aromatic nitrogens is 1. The highest BCUT2D eigenvalue weighted by Gasteiger charge is 2.20. The summed E-state index contributed by atoms with van der Waals surface area (Å²) in [4.78, 5) is 9.63. The third-order valence-corrected chi connectivity index (χ3v) is 6.02. The maximum atomic E-state index is 14.8. The molecule has 0 amide bonds. The molecule has 0 unspecified atom stereocenters. The number of halogens is 1. The van der Waals surface area contributed by atoms with Crippen LogP contribution in [0.2, 0.25) is 0 Å². The van der Waals surface area contributed by atoms with E-state index in [4.69, 9.17) is 14.5 Å². The Labute approximate surface area is 172 Å². The van der Waals surface area contributed by atoms with Crippen LogP contribution < -0.4 is 9.64 Å². The van der Waals surface area contributed by atoms with Crippen molar-refractivity contribution in [2.24, 2.45) is 5.92 Å². The smallest absolute Gasteiger partial charge is 0.134 e. The van der Waals surface area contributed by atoms with Crippen molar-refractivity contribution in [3.8, 4) is 16.9 Å². The maximum absolute atomic E-state index is 14.8. The van der Waals surface area contributed by atoms with Gasteiger partial charge in [-0.1, -0.05) is 0 Å². The van der Waals surface area contributed by atoms with Gasteiger partial charge in [-0.2, -0.15) is 0 Å². The third-order valence-electron chi connectivity index (χ3n) is 6.02. The Bertz CT molecular complexity index is 831. The van der Waals surface area contributed by atoms with Crippen molar-refractivity contribution in [2.45, 2.75) is 19.3 Å². The van der Waals surface area contributed by atoms with Crippen molar-refractivity contribution < 1.29 is 13.9 Å². The van der Waals surface area contributed by atoms with Gasteiger partial charge in [0.25, 0.3) is 0 Å². The van der Waals surface area contributed by atoms with Crippen molar-refractivity contribution in [3.05, 3.63) is 41.8 Å². The molecule has 0 aliphatic carbocycles. The highest BCUT2D eigenvalue weighted by atomic mass is 19.1. The number of ether oxygens (including phenoxy) is 2. The van der Waals surface area contributed by atoms with Crippen molar-refractivity contribution in [3.63, 3.8) is 0 Å². The number of anilines is 1. The SMILES string of the molecule is COc1ccc(-c2cc(CC3CCOCC3)nc(N3CCN(C)CC3)c2)c(F)c1. The molecule has 0 bridgehead atoms. The van der Waals surface area contributed by atoms with Gasteiger partial charge in [0.15, 0.2) is 0 Å². The van der Waals surface area contributed by atoms with Crippen molar-refractivity contribution >= 4 is 5.82 Å². The summed E-state index contributed by atoms with van der Waals surface area (Å²) in [6.45, 7) is 5.55. The van der Waals surface area contributed by atoms with Crippen LogP contribution in [0.1, 0.15) is 18.5 Å². The second-order valence-corrected chi connectivity index (χ2v) is 8.10. The zero-order valence-corrected chi connectivity index (χ0v) is 17.4. The van der Waals surface area contributed by atoms with Gasteiger partial charge >= 0.3 is 0 Å². The van der Waals surface area contributed by atoms with Gasteiger partial charge in [-0.05, 0) is 62.1 Å².